The van der Waals surface area contributed by atoms with E-state index in [2.05, 4.69) is 5.32 Å². The minimum Gasteiger partial charge on any atom is -0.342 e. The highest BCUT2D eigenvalue weighted by atomic mass is 16.2. The highest BCUT2D eigenvalue weighted by molar-refractivity contribution is 5.98. The minimum atomic E-state index is 0.0657. The Kier molecular flexibility index (Phi) is 4.88. The molecule has 2 aliphatic rings. The van der Waals surface area contributed by atoms with Gasteiger partial charge in [-0.05, 0) is 32.2 Å². The lowest BCUT2D eigenvalue weighted by Gasteiger charge is -2.35. The SMILES string of the molecule is O=C(c1ccccc1)C1CCN(C(=O)C2CCCNC2)CC1. The monoisotopic (exact) mass is 300 g/mol. The number of piperidine rings is 2. The Hall–Kier alpha value is -1.68. The molecule has 0 bridgehead atoms. The van der Waals surface area contributed by atoms with Crippen molar-refractivity contribution >= 4 is 11.7 Å². The van der Waals surface area contributed by atoms with Gasteiger partial charge in [0.25, 0.3) is 0 Å². The quantitative estimate of drug-likeness (QED) is 0.870. The van der Waals surface area contributed by atoms with Crippen LogP contribution in [0.5, 0.6) is 0 Å². The van der Waals surface area contributed by atoms with E-state index < -0.39 is 0 Å². The normalized spacial score (nSPS) is 23.3. The van der Waals surface area contributed by atoms with Gasteiger partial charge in [0, 0.05) is 31.1 Å². The summed E-state index contributed by atoms with van der Waals surface area (Å²) in [4.78, 5) is 26.9. The molecule has 1 aromatic carbocycles. The Morgan fingerprint density at radius 1 is 1.00 bits per heavy atom. The maximum Gasteiger partial charge on any atom is 0.226 e. The molecule has 0 aliphatic carbocycles. The molecule has 0 radical (unpaired) electrons. The van der Waals surface area contributed by atoms with E-state index in [-0.39, 0.29) is 23.5 Å². The number of amides is 1. The summed E-state index contributed by atoms with van der Waals surface area (Å²) in [5.74, 6) is 0.705. The van der Waals surface area contributed by atoms with E-state index in [0.29, 0.717) is 0 Å². The van der Waals surface area contributed by atoms with Crippen LogP contribution in [0.1, 0.15) is 36.0 Å². The van der Waals surface area contributed by atoms with Crippen molar-refractivity contribution in [1.29, 1.82) is 0 Å². The van der Waals surface area contributed by atoms with Crippen LogP contribution in [0, 0.1) is 11.8 Å². The first kappa shape index (κ1) is 15.2. The summed E-state index contributed by atoms with van der Waals surface area (Å²) >= 11 is 0. The Morgan fingerprint density at radius 3 is 2.36 bits per heavy atom. The van der Waals surface area contributed by atoms with Gasteiger partial charge in [-0.3, -0.25) is 9.59 Å². The second-order valence-electron chi connectivity index (χ2n) is 6.37. The van der Waals surface area contributed by atoms with Crippen LogP contribution < -0.4 is 5.32 Å². The molecule has 3 rings (SSSR count). The number of nitrogens with zero attached hydrogens (tertiary/aromatic N) is 1. The minimum absolute atomic E-state index is 0.0657. The Bertz CT molecular complexity index is 515. The third kappa shape index (κ3) is 3.38. The van der Waals surface area contributed by atoms with Gasteiger partial charge in [0.05, 0.1) is 5.92 Å². The number of hydrogen-bond donors (Lipinski definition) is 1. The smallest absolute Gasteiger partial charge is 0.226 e. The molecule has 1 amide bonds. The van der Waals surface area contributed by atoms with Crippen molar-refractivity contribution < 1.29 is 9.59 Å². The lowest BCUT2D eigenvalue weighted by atomic mass is 9.88. The number of likely N-dealkylation sites (tertiary alicyclic amines) is 1. The van der Waals surface area contributed by atoms with E-state index in [4.69, 9.17) is 0 Å². The second-order valence-corrected chi connectivity index (χ2v) is 6.37. The first-order chi connectivity index (χ1) is 10.8. The van der Waals surface area contributed by atoms with Gasteiger partial charge in [0.2, 0.25) is 5.91 Å². The van der Waals surface area contributed by atoms with E-state index in [1.807, 2.05) is 35.2 Å². The molecule has 2 heterocycles. The lowest BCUT2D eigenvalue weighted by Crippen LogP contribution is -2.46. The van der Waals surface area contributed by atoms with Gasteiger partial charge in [0.1, 0.15) is 0 Å². The van der Waals surface area contributed by atoms with Gasteiger partial charge in [-0.15, -0.1) is 0 Å². The molecule has 4 heteroatoms. The first-order valence-corrected chi connectivity index (χ1v) is 8.34. The summed E-state index contributed by atoms with van der Waals surface area (Å²) < 4.78 is 0. The highest BCUT2D eigenvalue weighted by Crippen LogP contribution is 2.24. The molecule has 1 aromatic rings. The van der Waals surface area contributed by atoms with Crippen LogP contribution in [0.4, 0.5) is 0 Å². The van der Waals surface area contributed by atoms with Crippen LogP contribution in [0.25, 0.3) is 0 Å². The Balaban J connectivity index is 1.54. The number of nitrogens with one attached hydrogen (secondary N) is 1. The van der Waals surface area contributed by atoms with Crippen LogP contribution >= 0.6 is 0 Å². The second kappa shape index (κ2) is 7.05. The zero-order valence-electron chi connectivity index (χ0n) is 13.0. The number of rotatable bonds is 3. The topological polar surface area (TPSA) is 49.4 Å². The number of carbonyl (C=O) groups excluding carboxylic acids is 2. The van der Waals surface area contributed by atoms with Crippen molar-refractivity contribution in [2.24, 2.45) is 11.8 Å². The summed E-state index contributed by atoms with van der Waals surface area (Å²) in [5.41, 5.74) is 0.795. The lowest BCUT2D eigenvalue weighted by molar-refractivity contribution is -0.137. The van der Waals surface area contributed by atoms with Crippen molar-refractivity contribution in [3.8, 4) is 0 Å². The van der Waals surface area contributed by atoms with Gasteiger partial charge in [-0.1, -0.05) is 30.3 Å². The number of carbonyl (C=O) groups is 2. The summed E-state index contributed by atoms with van der Waals surface area (Å²) in [6.45, 7) is 3.27. The first-order valence-electron chi connectivity index (χ1n) is 8.34. The zero-order chi connectivity index (χ0) is 15.4. The molecule has 0 aromatic heterocycles. The molecular formula is C18H24N2O2. The van der Waals surface area contributed by atoms with Crippen LogP contribution in [-0.2, 0) is 4.79 Å². The molecular weight excluding hydrogens is 276 g/mol. The summed E-state index contributed by atoms with van der Waals surface area (Å²) in [7, 11) is 0. The molecule has 1 N–H and O–H groups in total. The summed E-state index contributed by atoms with van der Waals surface area (Å²) in [6, 6.07) is 9.50. The molecule has 2 fully saturated rings. The van der Waals surface area contributed by atoms with Gasteiger partial charge in [-0.2, -0.15) is 0 Å². The number of ketones is 1. The highest BCUT2D eigenvalue weighted by Gasteiger charge is 2.31. The molecule has 1 atom stereocenters. The molecule has 22 heavy (non-hydrogen) atoms. The van der Waals surface area contributed by atoms with Crippen molar-refractivity contribution in [2.45, 2.75) is 25.7 Å². The molecule has 1 unspecified atom stereocenters. The fraction of sp³-hybridized carbons (Fsp3) is 0.556. The number of Topliss-reactive ketones (excluding diaryl/α,β-unsaturated/α-hetero) is 1. The van der Waals surface area contributed by atoms with E-state index >= 15 is 0 Å². The largest absolute Gasteiger partial charge is 0.342 e. The Labute approximate surface area is 131 Å². The van der Waals surface area contributed by atoms with Crippen LogP contribution in [0.3, 0.4) is 0 Å². The standard InChI is InChI=1S/C18H24N2O2/c21-17(14-5-2-1-3-6-14)15-8-11-20(12-9-15)18(22)16-7-4-10-19-13-16/h1-3,5-6,15-16,19H,4,7-13H2. The average Bonchev–Trinajstić information content (AvgIpc) is 2.62. The fourth-order valence-electron chi connectivity index (χ4n) is 3.52. The molecule has 2 saturated heterocycles. The van der Waals surface area contributed by atoms with Crippen molar-refractivity contribution in [3.05, 3.63) is 35.9 Å². The van der Waals surface area contributed by atoms with Gasteiger partial charge in [0.15, 0.2) is 5.78 Å². The molecule has 0 spiro atoms. The summed E-state index contributed by atoms with van der Waals surface area (Å²) in [5, 5.41) is 3.30. The van der Waals surface area contributed by atoms with Crippen molar-refractivity contribution in [1.82, 2.24) is 10.2 Å². The zero-order valence-corrected chi connectivity index (χ0v) is 13.0. The molecule has 0 saturated carbocycles. The van der Waals surface area contributed by atoms with Crippen LogP contribution in [0.15, 0.2) is 30.3 Å². The Morgan fingerprint density at radius 2 is 1.73 bits per heavy atom. The van der Waals surface area contributed by atoms with Gasteiger partial charge >= 0.3 is 0 Å². The van der Waals surface area contributed by atoms with Gasteiger partial charge in [-0.25, -0.2) is 0 Å². The van der Waals surface area contributed by atoms with Crippen molar-refractivity contribution in [2.75, 3.05) is 26.2 Å². The van der Waals surface area contributed by atoms with E-state index in [1.165, 1.54) is 0 Å². The maximum atomic E-state index is 12.5. The predicted octanol–water partition coefficient (Wildman–Crippen LogP) is 2.11. The fourth-order valence-corrected chi connectivity index (χ4v) is 3.52. The van der Waals surface area contributed by atoms with E-state index in [9.17, 15) is 9.59 Å². The maximum absolute atomic E-state index is 12.5. The molecule has 2 aliphatic heterocycles. The summed E-state index contributed by atoms with van der Waals surface area (Å²) in [6.07, 6.45) is 3.66. The molecule has 4 nitrogen and oxygen atoms in total. The number of hydrogen-bond acceptors (Lipinski definition) is 3. The third-order valence-corrected chi connectivity index (χ3v) is 4.88. The van der Waals surface area contributed by atoms with Crippen LogP contribution in [-0.4, -0.2) is 42.8 Å². The van der Waals surface area contributed by atoms with Crippen molar-refractivity contribution in [3.63, 3.8) is 0 Å². The predicted molar refractivity (Wildman–Crippen MR) is 85.7 cm³/mol. The number of benzene rings is 1. The average molecular weight is 300 g/mol. The van der Waals surface area contributed by atoms with Crippen LogP contribution in [0.2, 0.25) is 0 Å². The van der Waals surface area contributed by atoms with Gasteiger partial charge < -0.3 is 10.2 Å². The third-order valence-electron chi connectivity index (χ3n) is 4.88. The van der Waals surface area contributed by atoms with E-state index in [0.717, 1.165) is 57.4 Å². The molecule has 118 valence electrons. The van der Waals surface area contributed by atoms with E-state index in [1.54, 1.807) is 0 Å².